The third-order valence-corrected chi connectivity index (χ3v) is 4.19. The lowest BCUT2D eigenvalue weighted by atomic mass is 10.1. The number of aryl methyl sites for hydroxylation is 1. The Morgan fingerprint density at radius 3 is 2.00 bits per heavy atom. The minimum absolute atomic E-state index is 0.278. The number of rotatable bonds is 12. The molecular formula is C22H30N2O2. The van der Waals surface area contributed by atoms with Gasteiger partial charge in [-0.3, -0.25) is 0 Å². The van der Waals surface area contributed by atoms with Crippen LogP contribution in [0, 0.1) is 0 Å². The fourth-order valence-corrected chi connectivity index (χ4v) is 2.59. The van der Waals surface area contributed by atoms with Crippen molar-refractivity contribution in [2.24, 2.45) is 10.2 Å². The third kappa shape index (κ3) is 7.79. The molecule has 0 saturated carbocycles. The Morgan fingerprint density at radius 2 is 1.38 bits per heavy atom. The largest absolute Gasteiger partial charge is 0.494 e. The van der Waals surface area contributed by atoms with Gasteiger partial charge in [0.15, 0.2) is 0 Å². The minimum atomic E-state index is 0.278. The van der Waals surface area contributed by atoms with Crippen LogP contribution in [0.2, 0.25) is 0 Å². The van der Waals surface area contributed by atoms with Gasteiger partial charge in [-0.2, -0.15) is 10.2 Å². The van der Waals surface area contributed by atoms with Crippen LogP contribution in [0.5, 0.6) is 5.75 Å². The van der Waals surface area contributed by atoms with Crippen molar-refractivity contribution in [3.05, 3.63) is 54.1 Å². The van der Waals surface area contributed by atoms with E-state index in [0.29, 0.717) is 6.61 Å². The van der Waals surface area contributed by atoms with Gasteiger partial charge >= 0.3 is 0 Å². The third-order valence-electron chi connectivity index (χ3n) is 4.19. The fraction of sp³-hybridized carbons (Fsp3) is 0.455. The van der Waals surface area contributed by atoms with E-state index in [2.05, 4.69) is 29.3 Å². The Bertz CT molecular complexity index is 636. The second-order valence-corrected chi connectivity index (χ2v) is 6.45. The van der Waals surface area contributed by atoms with Gasteiger partial charge in [0.05, 0.1) is 18.0 Å². The Morgan fingerprint density at radius 1 is 0.769 bits per heavy atom. The van der Waals surface area contributed by atoms with Gasteiger partial charge in [-0.15, -0.1) is 0 Å². The molecule has 0 fully saturated rings. The Kier molecular flexibility index (Phi) is 9.44. The van der Waals surface area contributed by atoms with Crippen molar-refractivity contribution in [3.8, 4) is 5.75 Å². The number of ether oxygens (including phenoxy) is 1. The summed E-state index contributed by atoms with van der Waals surface area (Å²) in [6, 6.07) is 16.0. The summed E-state index contributed by atoms with van der Waals surface area (Å²) in [6.45, 7) is 3.19. The van der Waals surface area contributed by atoms with E-state index in [9.17, 15) is 0 Å². The summed E-state index contributed by atoms with van der Waals surface area (Å²) < 4.78 is 5.71. The smallest absolute Gasteiger partial charge is 0.119 e. The van der Waals surface area contributed by atoms with Crippen LogP contribution >= 0.6 is 0 Å². The van der Waals surface area contributed by atoms with E-state index < -0.39 is 0 Å². The van der Waals surface area contributed by atoms with E-state index in [-0.39, 0.29) is 6.61 Å². The van der Waals surface area contributed by atoms with Crippen LogP contribution in [-0.4, -0.2) is 18.3 Å². The number of nitrogens with zero attached hydrogens (tertiary/aromatic N) is 2. The SMILES string of the molecule is CCCCc1ccc(N=Nc2ccc(OCCCCCCO)cc2)cc1. The highest BCUT2D eigenvalue weighted by atomic mass is 16.5. The first-order chi connectivity index (χ1) is 12.8. The normalized spacial score (nSPS) is 11.2. The van der Waals surface area contributed by atoms with Crippen molar-refractivity contribution in [1.29, 1.82) is 0 Å². The highest BCUT2D eigenvalue weighted by molar-refractivity contribution is 5.43. The molecule has 0 heterocycles. The second kappa shape index (κ2) is 12.2. The van der Waals surface area contributed by atoms with Gasteiger partial charge in [-0.1, -0.05) is 31.9 Å². The first kappa shape index (κ1) is 20.1. The lowest BCUT2D eigenvalue weighted by Crippen LogP contribution is -1.97. The molecule has 0 aromatic heterocycles. The highest BCUT2D eigenvalue weighted by Gasteiger charge is 1.97. The zero-order valence-electron chi connectivity index (χ0n) is 15.7. The van der Waals surface area contributed by atoms with Gasteiger partial charge in [-0.05, 0) is 74.1 Å². The van der Waals surface area contributed by atoms with E-state index in [1.165, 1.54) is 18.4 Å². The van der Waals surface area contributed by atoms with Crippen molar-refractivity contribution in [2.45, 2.75) is 51.9 Å². The van der Waals surface area contributed by atoms with Crippen molar-refractivity contribution in [1.82, 2.24) is 0 Å². The molecule has 26 heavy (non-hydrogen) atoms. The molecule has 0 aliphatic carbocycles. The van der Waals surface area contributed by atoms with Crippen LogP contribution in [-0.2, 0) is 6.42 Å². The number of hydrogen-bond donors (Lipinski definition) is 1. The Labute approximate surface area is 156 Å². The molecule has 0 saturated heterocycles. The molecule has 0 radical (unpaired) electrons. The Hall–Kier alpha value is -2.20. The summed E-state index contributed by atoms with van der Waals surface area (Å²) in [5, 5.41) is 17.3. The van der Waals surface area contributed by atoms with Gasteiger partial charge in [-0.25, -0.2) is 0 Å². The fourth-order valence-electron chi connectivity index (χ4n) is 2.59. The first-order valence-corrected chi connectivity index (χ1v) is 9.66. The van der Waals surface area contributed by atoms with Crippen LogP contribution in [0.3, 0.4) is 0 Å². The van der Waals surface area contributed by atoms with Crippen molar-refractivity contribution >= 4 is 11.4 Å². The van der Waals surface area contributed by atoms with E-state index in [1.54, 1.807) is 0 Å². The molecule has 4 heteroatoms. The summed E-state index contributed by atoms with van der Waals surface area (Å²) in [7, 11) is 0. The van der Waals surface area contributed by atoms with Crippen LogP contribution in [0.1, 0.15) is 51.0 Å². The number of benzene rings is 2. The minimum Gasteiger partial charge on any atom is -0.494 e. The summed E-state index contributed by atoms with van der Waals surface area (Å²) in [6.07, 6.45) is 7.58. The summed E-state index contributed by atoms with van der Waals surface area (Å²) in [5.74, 6) is 0.853. The molecule has 0 atom stereocenters. The van der Waals surface area contributed by atoms with E-state index in [0.717, 1.165) is 49.2 Å². The average Bonchev–Trinajstić information content (AvgIpc) is 2.69. The molecule has 1 N–H and O–H groups in total. The quantitative estimate of drug-likeness (QED) is 0.355. The van der Waals surface area contributed by atoms with Gasteiger partial charge in [0.1, 0.15) is 5.75 Å². The molecule has 0 aliphatic heterocycles. The maximum atomic E-state index is 8.74. The predicted octanol–water partition coefficient (Wildman–Crippen LogP) is 6.38. The first-order valence-electron chi connectivity index (χ1n) is 9.66. The molecule has 0 aliphatic rings. The second-order valence-electron chi connectivity index (χ2n) is 6.45. The monoisotopic (exact) mass is 354 g/mol. The number of aliphatic hydroxyl groups excluding tert-OH is 1. The number of azo groups is 1. The molecule has 2 rings (SSSR count). The standard InChI is InChI=1S/C22H30N2O2/c1-2-3-8-19-9-11-20(12-10-19)23-24-21-13-15-22(16-14-21)26-18-7-5-4-6-17-25/h9-16,25H,2-8,17-18H2,1H3. The molecule has 140 valence electrons. The molecule has 4 nitrogen and oxygen atoms in total. The van der Waals surface area contributed by atoms with Crippen molar-refractivity contribution < 1.29 is 9.84 Å². The van der Waals surface area contributed by atoms with Gasteiger partial charge in [0.2, 0.25) is 0 Å². The number of aliphatic hydroxyl groups is 1. The topological polar surface area (TPSA) is 54.2 Å². The lowest BCUT2D eigenvalue weighted by molar-refractivity contribution is 0.273. The zero-order valence-corrected chi connectivity index (χ0v) is 15.7. The zero-order chi connectivity index (χ0) is 18.5. The van der Waals surface area contributed by atoms with Crippen molar-refractivity contribution in [2.75, 3.05) is 13.2 Å². The van der Waals surface area contributed by atoms with E-state index >= 15 is 0 Å². The summed E-state index contributed by atoms with van der Waals surface area (Å²) in [5.41, 5.74) is 3.03. The Balaban J connectivity index is 1.76. The highest BCUT2D eigenvalue weighted by Crippen LogP contribution is 2.22. The average molecular weight is 354 g/mol. The number of unbranched alkanes of at least 4 members (excludes halogenated alkanes) is 4. The van der Waals surface area contributed by atoms with Crippen LogP contribution in [0.25, 0.3) is 0 Å². The van der Waals surface area contributed by atoms with Crippen molar-refractivity contribution in [3.63, 3.8) is 0 Å². The van der Waals surface area contributed by atoms with Crippen LogP contribution < -0.4 is 4.74 Å². The van der Waals surface area contributed by atoms with Gasteiger partial charge < -0.3 is 9.84 Å². The molecule has 2 aromatic carbocycles. The number of hydrogen-bond acceptors (Lipinski definition) is 4. The molecule has 0 unspecified atom stereocenters. The van der Waals surface area contributed by atoms with Gasteiger partial charge in [0.25, 0.3) is 0 Å². The van der Waals surface area contributed by atoms with E-state index in [4.69, 9.17) is 9.84 Å². The maximum absolute atomic E-state index is 8.74. The maximum Gasteiger partial charge on any atom is 0.119 e. The molecule has 0 spiro atoms. The van der Waals surface area contributed by atoms with Crippen LogP contribution in [0.4, 0.5) is 11.4 Å². The summed E-state index contributed by atoms with van der Waals surface area (Å²) >= 11 is 0. The predicted molar refractivity (Wildman–Crippen MR) is 107 cm³/mol. The summed E-state index contributed by atoms with van der Waals surface area (Å²) in [4.78, 5) is 0. The van der Waals surface area contributed by atoms with E-state index in [1.807, 2.05) is 36.4 Å². The molecule has 2 aromatic rings. The molecule has 0 amide bonds. The molecule has 0 bridgehead atoms. The van der Waals surface area contributed by atoms with Crippen LogP contribution in [0.15, 0.2) is 58.8 Å². The lowest BCUT2D eigenvalue weighted by Gasteiger charge is -2.05. The molecular weight excluding hydrogens is 324 g/mol. The van der Waals surface area contributed by atoms with Gasteiger partial charge in [0, 0.05) is 6.61 Å².